The van der Waals surface area contributed by atoms with Gasteiger partial charge in [-0.15, -0.1) is 0 Å². The van der Waals surface area contributed by atoms with Crippen LogP contribution in [0.3, 0.4) is 0 Å². The Morgan fingerprint density at radius 3 is 2.41 bits per heavy atom. The molecule has 0 saturated heterocycles. The molecule has 32 heavy (non-hydrogen) atoms. The molecule has 4 aromatic rings. The van der Waals surface area contributed by atoms with Crippen LogP contribution in [0.5, 0.6) is 0 Å². The quantitative estimate of drug-likeness (QED) is 0.313. The molecule has 0 bridgehead atoms. The Labute approximate surface area is 191 Å². The van der Waals surface area contributed by atoms with Crippen molar-refractivity contribution in [2.45, 2.75) is 13.5 Å². The molecule has 0 atom stereocenters. The van der Waals surface area contributed by atoms with Crippen LogP contribution < -0.4 is 0 Å². The van der Waals surface area contributed by atoms with E-state index in [0.717, 1.165) is 33.4 Å². The lowest BCUT2D eigenvalue weighted by Crippen LogP contribution is -2.01. The average Bonchev–Trinajstić information content (AvgIpc) is 3.30. The number of carbonyl (C=O) groups excluding carboxylic acids is 1. The predicted molar refractivity (Wildman–Crippen MR) is 125 cm³/mol. The molecule has 5 nitrogen and oxygen atoms in total. The van der Waals surface area contributed by atoms with Gasteiger partial charge in [-0.25, -0.2) is 4.79 Å². The number of ether oxygens (including phenoxy) is 2. The van der Waals surface area contributed by atoms with E-state index in [9.17, 15) is 4.79 Å². The van der Waals surface area contributed by atoms with E-state index < -0.39 is 5.97 Å². The summed E-state index contributed by atoms with van der Waals surface area (Å²) in [4.78, 5) is 11.8. The largest absolute Gasteiger partial charge is 0.465 e. The fourth-order valence-electron chi connectivity index (χ4n) is 3.74. The van der Waals surface area contributed by atoms with Crippen molar-refractivity contribution in [3.05, 3.63) is 88.4 Å². The third-order valence-corrected chi connectivity index (χ3v) is 5.73. The molecular formula is C26H22ClNO4. The van der Waals surface area contributed by atoms with Gasteiger partial charge in [-0.05, 0) is 41.3 Å². The van der Waals surface area contributed by atoms with E-state index in [4.69, 9.17) is 25.6 Å². The van der Waals surface area contributed by atoms with Gasteiger partial charge in [0.1, 0.15) is 5.69 Å². The van der Waals surface area contributed by atoms with E-state index in [1.807, 2.05) is 30.3 Å². The van der Waals surface area contributed by atoms with Crippen molar-refractivity contribution < 1.29 is 18.8 Å². The van der Waals surface area contributed by atoms with E-state index in [1.54, 1.807) is 25.3 Å². The van der Waals surface area contributed by atoms with Gasteiger partial charge in [-0.2, -0.15) is 0 Å². The fraction of sp³-hybridized carbons (Fsp3) is 0.154. The number of methoxy groups -OCH3 is 2. The van der Waals surface area contributed by atoms with E-state index in [-0.39, 0.29) is 0 Å². The highest BCUT2D eigenvalue weighted by molar-refractivity contribution is 6.33. The first-order valence-electron chi connectivity index (χ1n) is 10.1. The molecule has 0 N–H and O–H groups in total. The second-order valence-electron chi connectivity index (χ2n) is 7.33. The lowest BCUT2D eigenvalue weighted by Gasteiger charge is -2.15. The monoisotopic (exact) mass is 447 g/mol. The van der Waals surface area contributed by atoms with Crippen LogP contribution in [0.25, 0.3) is 33.7 Å². The fourth-order valence-corrected chi connectivity index (χ4v) is 3.99. The Morgan fingerprint density at radius 2 is 1.72 bits per heavy atom. The molecule has 1 aromatic heterocycles. The van der Waals surface area contributed by atoms with Gasteiger partial charge in [-0.1, -0.05) is 65.3 Å². The zero-order chi connectivity index (χ0) is 22.7. The second kappa shape index (κ2) is 9.39. The highest BCUT2D eigenvalue weighted by Crippen LogP contribution is 2.35. The van der Waals surface area contributed by atoms with Crippen LogP contribution >= 0.6 is 11.6 Å². The molecule has 0 amide bonds. The Morgan fingerprint density at radius 1 is 0.969 bits per heavy atom. The van der Waals surface area contributed by atoms with Crippen molar-refractivity contribution in [2.75, 3.05) is 14.2 Å². The maximum atomic E-state index is 11.8. The Balaban J connectivity index is 1.73. The molecule has 6 heteroatoms. The SMILES string of the molecule is COCc1c(-c2cc(-c3ccc(C(=O)OC)c(Cl)c3)no2)ccc(-c2ccccc2)c1C. The van der Waals surface area contributed by atoms with Crippen LogP contribution in [0.4, 0.5) is 0 Å². The summed E-state index contributed by atoms with van der Waals surface area (Å²) in [6.07, 6.45) is 0. The number of hydrogen-bond donors (Lipinski definition) is 0. The van der Waals surface area contributed by atoms with Gasteiger partial charge >= 0.3 is 5.97 Å². The van der Waals surface area contributed by atoms with Crippen LogP contribution in [-0.4, -0.2) is 25.3 Å². The van der Waals surface area contributed by atoms with Gasteiger partial charge in [-0.3, -0.25) is 0 Å². The summed E-state index contributed by atoms with van der Waals surface area (Å²) in [6, 6.07) is 21.3. The van der Waals surface area contributed by atoms with Gasteiger partial charge in [0.2, 0.25) is 0 Å². The first kappa shape index (κ1) is 21.8. The van der Waals surface area contributed by atoms with Gasteiger partial charge in [0.15, 0.2) is 5.76 Å². The minimum absolute atomic E-state index is 0.294. The summed E-state index contributed by atoms with van der Waals surface area (Å²) in [5, 5.41) is 4.51. The normalized spacial score (nSPS) is 10.9. The molecule has 0 saturated carbocycles. The zero-order valence-corrected chi connectivity index (χ0v) is 18.8. The third kappa shape index (κ3) is 4.17. The van der Waals surface area contributed by atoms with Crippen molar-refractivity contribution in [1.29, 1.82) is 0 Å². The highest BCUT2D eigenvalue weighted by Gasteiger charge is 2.18. The van der Waals surface area contributed by atoms with E-state index >= 15 is 0 Å². The third-order valence-electron chi connectivity index (χ3n) is 5.42. The van der Waals surface area contributed by atoms with E-state index in [0.29, 0.717) is 28.6 Å². The van der Waals surface area contributed by atoms with Crippen LogP contribution in [-0.2, 0) is 16.1 Å². The molecule has 3 aromatic carbocycles. The molecule has 162 valence electrons. The summed E-state index contributed by atoms with van der Waals surface area (Å²) in [5.74, 6) is 0.142. The van der Waals surface area contributed by atoms with Crippen molar-refractivity contribution in [2.24, 2.45) is 0 Å². The zero-order valence-electron chi connectivity index (χ0n) is 18.0. The molecule has 4 rings (SSSR count). The number of hydrogen-bond acceptors (Lipinski definition) is 5. The number of esters is 1. The summed E-state index contributed by atoms with van der Waals surface area (Å²) in [7, 11) is 2.99. The molecule has 0 aliphatic rings. The highest BCUT2D eigenvalue weighted by atomic mass is 35.5. The summed E-state index contributed by atoms with van der Waals surface area (Å²) < 4.78 is 15.9. The van der Waals surface area contributed by atoms with Gasteiger partial charge < -0.3 is 14.0 Å². The second-order valence-corrected chi connectivity index (χ2v) is 7.73. The first-order chi connectivity index (χ1) is 15.5. The Hall–Kier alpha value is -3.41. The summed E-state index contributed by atoms with van der Waals surface area (Å²) in [6.45, 7) is 2.53. The first-order valence-corrected chi connectivity index (χ1v) is 10.4. The molecule has 0 aliphatic heterocycles. The van der Waals surface area contributed by atoms with Crippen LogP contribution in [0, 0.1) is 6.92 Å². The molecule has 1 heterocycles. The van der Waals surface area contributed by atoms with Gasteiger partial charge in [0, 0.05) is 24.3 Å². The number of carbonyl (C=O) groups is 1. The Kier molecular flexibility index (Phi) is 6.40. The Bertz CT molecular complexity index is 1260. The van der Waals surface area contributed by atoms with Crippen LogP contribution in [0.1, 0.15) is 21.5 Å². The average molecular weight is 448 g/mol. The van der Waals surface area contributed by atoms with E-state index in [1.165, 1.54) is 7.11 Å². The molecule has 0 unspecified atom stereocenters. The topological polar surface area (TPSA) is 61.6 Å². The minimum atomic E-state index is -0.486. The van der Waals surface area contributed by atoms with Crippen molar-refractivity contribution in [3.8, 4) is 33.7 Å². The molecule has 0 aliphatic carbocycles. The number of halogens is 1. The standard InChI is InChI=1S/C26H22ClNO4/c1-16-19(17-7-5-4-6-8-17)11-12-20(22(16)15-30-2)25-14-24(28-32-25)18-9-10-21(23(27)13-18)26(29)31-3/h4-14H,15H2,1-3H3. The minimum Gasteiger partial charge on any atom is -0.465 e. The van der Waals surface area contributed by atoms with Gasteiger partial charge in [0.05, 0.1) is 24.3 Å². The smallest absolute Gasteiger partial charge is 0.339 e. The number of nitrogens with zero attached hydrogens (tertiary/aromatic N) is 1. The van der Waals surface area contributed by atoms with Crippen molar-refractivity contribution in [3.63, 3.8) is 0 Å². The number of rotatable bonds is 6. The van der Waals surface area contributed by atoms with Crippen molar-refractivity contribution >= 4 is 17.6 Å². The summed E-state index contributed by atoms with van der Waals surface area (Å²) in [5.41, 5.74) is 7.03. The lowest BCUT2D eigenvalue weighted by molar-refractivity contribution is 0.0601. The van der Waals surface area contributed by atoms with E-state index in [2.05, 4.69) is 30.3 Å². The molecule has 0 spiro atoms. The number of aromatic nitrogens is 1. The maximum Gasteiger partial charge on any atom is 0.339 e. The van der Waals surface area contributed by atoms with Crippen LogP contribution in [0.2, 0.25) is 5.02 Å². The molecule has 0 fully saturated rings. The van der Waals surface area contributed by atoms with Crippen molar-refractivity contribution in [1.82, 2.24) is 5.16 Å². The molecular weight excluding hydrogens is 426 g/mol. The summed E-state index contributed by atoms with van der Waals surface area (Å²) >= 11 is 6.26. The lowest BCUT2D eigenvalue weighted by atomic mass is 9.92. The van der Waals surface area contributed by atoms with Crippen LogP contribution in [0.15, 0.2) is 71.3 Å². The number of benzene rings is 3. The maximum absolute atomic E-state index is 11.8. The van der Waals surface area contributed by atoms with Gasteiger partial charge in [0.25, 0.3) is 0 Å². The molecule has 0 radical (unpaired) electrons. The predicted octanol–water partition coefficient (Wildman–Crippen LogP) is 6.57.